The molecule has 0 amide bonds. The van der Waals surface area contributed by atoms with Gasteiger partial charge >= 0.3 is 5.97 Å². The SMILES string of the molecule is COc1cc(I)cc2c1OC[C@H]1[C@@H]2Nc2ccc(-n3ncc(C(=O)O)c3C)cc2C1(C)C. The summed E-state index contributed by atoms with van der Waals surface area (Å²) in [5.74, 6) is 0.800. The molecule has 3 aromatic rings. The summed E-state index contributed by atoms with van der Waals surface area (Å²) in [5, 5.41) is 17.4. The lowest BCUT2D eigenvalue weighted by atomic mass is 9.65. The van der Waals surface area contributed by atoms with Crippen molar-refractivity contribution in [1.29, 1.82) is 0 Å². The van der Waals surface area contributed by atoms with Crippen LogP contribution in [0.4, 0.5) is 5.69 Å². The number of rotatable bonds is 3. The minimum Gasteiger partial charge on any atom is -0.493 e. The van der Waals surface area contributed by atoms with Gasteiger partial charge in [-0.1, -0.05) is 13.8 Å². The average Bonchev–Trinajstić information content (AvgIpc) is 3.14. The Bertz CT molecular complexity index is 1250. The van der Waals surface area contributed by atoms with Crippen molar-refractivity contribution in [2.75, 3.05) is 19.0 Å². The standard InChI is InChI=1S/C24H24IN3O4/c1-12-16(23(29)30)10-26-28(12)14-5-6-19-17(9-14)24(2,3)18-11-32-22-15(21(18)27-19)7-13(25)8-20(22)31-4/h5-10,18,21,27H,11H2,1-4H3,(H,29,30)/t18-,21+/m0/s1. The predicted octanol–water partition coefficient (Wildman–Crippen LogP) is 4.95. The molecule has 2 atom stereocenters. The Morgan fingerprint density at radius 3 is 2.81 bits per heavy atom. The van der Waals surface area contributed by atoms with E-state index in [2.05, 4.69) is 65.1 Å². The number of carboxylic acid groups (broad SMARTS) is 1. The number of aromatic nitrogens is 2. The van der Waals surface area contributed by atoms with Gasteiger partial charge in [0, 0.05) is 26.2 Å². The van der Waals surface area contributed by atoms with Crippen LogP contribution in [0.3, 0.4) is 0 Å². The lowest BCUT2D eigenvalue weighted by Crippen LogP contribution is -2.46. The molecule has 0 unspecified atom stereocenters. The van der Waals surface area contributed by atoms with E-state index >= 15 is 0 Å². The third kappa shape index (κ3) is 3.07. The summed E-state index contributed by atoms with van der Waals surface area (Å²) in [6.45, 7) is 6.83. The Labute approximate surface area is 199 Å². The molecular formula is C24H24IN3O4. The van der Waals surface area contributed by atoms with Crippen molar-refractivity contribution in [1.82, 2.24) is 9.78 Å². The highest BCUT2D eigenvalue weighted by molar-refractivity contribution is 14.1. The third-order valence-corrected chi connectivity index (χ3v) is 7.46. The van der Waals surface area contributed by atoms with E-state index in [0.29, 0.717) is 12.3 Å². The fourth-order valence-electron chi connectivity index (χ4n) is 4.99. The fourth-order valence-corrected chi connectivity index (χ4v) is 5.60. The lowest BCUT2D eigenvalue weighted by molar-refractivity contribution is 0.0696. The van der Waals surface area contributed by atoms with Crippen molar-refractivity contribution < 1.29 is 19.4 Å². The highest BCUT2D eigenvalue weighted by Crippen LogP contribution is 2.54. The second kappa shape index (κ2) is 7.40. The third-order valence-electron chi connectivity index (χ3n) is 6.83. The molecule has 0 aliphatic carbocycles. The van der Waals surface area contributed by atoms with Crippen LogP contribution in [0.5, 0.6) is 11.5 Å². The lowest BCUT2D eigenvalue weighted by Gasteiger charge is -2.48. The van der Waals surface area contributed by atoms with Crippen molar-refractivity contribution in [2.24, 2.45) is 5.92 Å². The Kier molecular flexibility index (Phi) is 4.88. The highest BCUT2D eigenvalue weighted by atomic mass is 127. The van der Waals surface area contributed by atoms with Crippen LogP contribution >= 0.6 is 22.6 Å². The molecular weight excluding hydrogens is 521 g/mol. The zero-order valence-corrected chi connectivity index (χ0v) is 20.4. The number of benzene rings is 2. The summed E-state index contributed by atoms with van der Waals surface area (Å²) >= 11 is 2.31. The van der Waals surface area contributed by atoms with Gasteiger partial charge in [0.2, 0.25) is 0 Å². The van der Waals surface area contributed by atoms with Crippen molar-refractivity contribution in [3.63, 3.8) is 0 Å². The topological polar surface area (TPSA) is 85.6 Å². The number of ether oxygens (including phenoxy) is 2. The molecule has 1 aromatic heterocycles. The first-order chi connectivity index (χ1) is 15.2. The van der Waals surface area contributed by atoms with Gasteiger partial charge in [0.25, 0.3) is 0 Å². The number of carbonyl (C=O) groups is 1. The summed E-state index contributed by atoms with van der Waals surface area (Å²) in [4.78, 5) is 11.4. The van der Waals surface area contributed by atoms with E-state index in [0.717, 1.165) is 37.6 Å². The van der Waals surface area contributed by atoms with Gasteiger partial charge in [0.05, 0.1) is 37.3 Å². The van der Waals surface area contributed by atoms with Gasteiger partial charge < -0.3 is 19.9 Å². The van der Waals surface area contributed by atoms with Crippen LogP contribution in [-0.4, -0.2) is 34.6 Å². The number of hydrogen-bond acceptors (Lipinski definition) is 5. The zero-order chi connectivity index (χ0) is 22.8. The Morgan fingerprint density at radius 1 is 1.34 bits per heavy atom. The molecule has 0 fully saturated rings. The van der Waals surface area contributed by atoms with Crippen LogP contribution < -0.4 is 14.8 Å². The van der Waals surface area contributed by atoms with E-state index in [1.165, 1.54) is 6.20 Å². The zero-order valence-electron chi connectivity index (χ0n) is 18.3. The summed E-state index contributed by atoms with van der Waals surface area (Å²) in [6, 6.07) is 10.4. The smallest absolute Gasteiger partial charge is 0.339 e. The molecule has 0 spiro atoms. The summed E-state index contributed by atoms with van der Waals surface area (Å²) in [5.41, 5.74) is 4.80. The number of aromatic carboxylic acids is 1. The predicted molar refractivity (Wildman–Crippen MR) is 129 cm³/mol. The van der Waals surface area contributed by atoms with Gasteiger partial charge in [-0.05, 0) is 65.4 Å². The Balaban J connectivity index is 1.60. The largest absolute Gasteiger partial charge is 0.493 e. The molecule has 2 aliphatic rings. The highest BCUT2D eigenvalue weighted by Gasteiger charge is 2.47. The molecule has 0 saturated heterocycles. The molecule has 0 radical (unpaired) electrons. The van der Waals surface area contributed by atoms with Crippen LogP contribution in [0.2, 0.25) is 0 Å². The number of nitrogens with one attached hydrogen (secondary N) is 1. The minimum atomic E-state index is -0.973. The number of carboxylic acids is 1. The normalized spacial score (nSPS) is 20.3. The number of hydrogen-bond donors (Lipinski definition) is 2. The van der Waals surface area contributed by atoms with Gasteiger partial charge in [-0.2, -0.15) is 5.10 Å². The van der Waals surface area contributed by atoms with E-state index in [1.54, 1.807) is 18.7 Å². The maximum absolute atomic E-state index is 11.4. The first kappa shape index (κ1) is 21.1. The van der Waals surface area contributed by atoms with Crippen LogP contribution in [-0.2, 0) is 5.41 Å². The number of methoxy groups -OCH3 is 1. The second-order valence-corrected chi connectivity index (χ2v) is 10.1. The van der Waals surface area contributed by atoms with Crippen LogP contribution in [0.1, 0.15) is 47.1 Å². The van der Waals surface area contributed by atoms with Crippen LogP contribution in [0.25, 0.3) is 5.69 Å². The number of fused-ring (bicyclic) bond motifs is 4. The first-order valence-electron chi connectivity index (χ1n) is 10.4. The number of nitrogens with zero attached hydrogens (tertiary/aromatic N) is 2. The van der Waals surface area contributed by atoms with E-state index in [4.69, 9.17) is 9.47 Å². The van der Waals surface area contributed by atoms with Crippen LogP contribution in [0, 0.1) is 16.4 Å². The van der Waals surface area contributed by atoms with E-state index in [1.807, 2.05) is 12.1 Å². The average molecular weight is 545 g/mol. The van der Waals surface area contributed by atoms with E-state index < -0.39 is 5.97 Å². The molecule has 0 bridgehead atoms. The van der Waals surface area contributed by atoms with Gasteiger partial charge in [-0.25, -0.2) is 9.48 Å². The molecule has 0 saturated carbocycles. The molecule has 7 nitrogen and oxygen atoms in total. The van der Waals surface area contributed by atoms with E-state index in [-0.39, 0.29) is 22.9 Å². The monoisotopic (exact) mass is 545 g/mol. The molecule has 3 heterocycles. The quantitative estimate of drug-likeness (QED) is 0.454. The minimum absolute atomic E-state index is 0.0979. The Morgan fingerprint density at radius 2 is 2.12 bits per heavy atom. The fraction of sp³-hybridized carbons (Fsp3) is 0.333. The van der Waals surface area contributed by atoms with E-state index in [9.17, 15) is 9.90 Å². The number of anilines is 1. The molecule has 2 aromatic carbocycles. The van der Waals surface area contributed by atoms with Crippen molar-refractivity contribution in [3.05, 3.63) is 62.5 Å². The van der Waals surface area contributed by atoms with Crippen molar-refractivity contribution >= 4 is 34.2 Å². The molecule has 32 heavy (non-hydrogen) atoms. The first-order valence-corrected chi connectivity index (χ1v) is 11.5. The maximum Gasteiger partial charge on any atom is 0.339 e. The summed E-state index contributed by atoms with van der Waals surface area (Å²) < 4.78 is 14.6. The van der Waals surface area contributed by atoms with Gasteiger partial charge in [-0.15, -0.1) is 0 Å². The summed E-state index contributed by atoms with van der Waals surface area (Å²) in [7, 11) is 1.67. The van der Waals surface area contributed by atoms with Gasteiger partial charge in [0.15, 0.2) is 11.5 Å². The van der Waals surface area contributed by atoms with Crippen molar-refractivity contribution in [2.45, 2.75) is 32.2 Å². The van der Waals surface area contributed by atoms with Crippen LogP contribution in [0.15, 0.2) is 36.5 Å². The van der Waals surface area contributed by atoms with Gasteiger partial charge in [0.1, 0.15) is 5.56 Å². The molecule has 2 aliphatic heterocycles. The molecule has 166 valence electrons. The summed E-state index contributed by atoms with van der Waals surface area (Å²) in [6.07, 6.45) is 1.40. The molecule has 2 N–H and O–H groups in total. The van der Waals surface area contributed by atoms with Gasteiger partial charge in [-0.3, -0.25) is 0 Å². The number of halogens is 1. The molecule has 8 heteroatoms. The van der Waals surface area contributed by atoms with Crippen molar-refractivity contribution in [3.8, 4) is 17.2 Å². The maximum atomic E-state index is 11.4. The molecule has 5 rings (SSSR count). The second-order valence-electron chi connectivity index (χ2n) is 8.88. The Hall–Kier alpha value is -2.75.